The van der Waals surface area contributed by atoms with E-state index in [0.29, 0.717) is 5.56 Å². The van der Waals surface area contributed by atoms with E-state index in [1.54, 1.807) is 44.2 Å². The number of hydrogen-bond acceptors (Lipinski definition) is 8. The molecule has 228 valence electrons. The van der Waals surface area contributed by atoms with Crippen molar-refractivity contribution in [2.24, 2.45) is 0 Å². The molecule has 0 heterocycles. The van der Waals surface area contributed by atoms with Crippen LogP contribution in [0.4, 0.5) is 0 Å². The molecule has 41 heavy (non-hydrogen) atoms. The minimum atomic E-state index is -1.57. The summed E-state index contributed by atoms with van der Waals surface area (Å²) in [4.78, 5) is 73.5. The SMILES string of the molecule is CC(C)N[C@@H](CCC(=O)N[C@@H](CC(=O)O)C(=O)N[C@@H](Cc1ccccc1)C(=O)N[C@@H](CSC(C)C)C(=O)O)C(=O)O. The van der Waals surface area contributed by atoms with E-state index in [1.165, 1.54) is 11.8 Å². The minimum Gasteiger partial charge on any atom is -0.481 e. The number of carboxylic acids is 3. The Labute approximate surface area is 243 Å². The van der Waals surface area contributed by atoms with E-state index in [-0.39, 0.29) is 36.3 Å². The smallest absolute Gasteiger partial charge is 0.327 e. The van der Waals surface area contributed by atoms with Crippen molar-refractivity contribution in [3.8, 4) is 0 Å². The van der Waals surface area contributed by atoms with Gasteiger partial charge in [-0.1, -0.05) is 58.0 Å². The Kier molecular flexibility index (Phi) is 15.5. The third-order valence-electron chi connectivity index (χ3n) is 5.65. The highest BCUT2D eigenvalue weighted by Crippen LogP contribution is 2.12. The number of carbonyl (C=O) groups is 6. The van der Waals surface area contributed by atoms with Gasteiger partial charge in [-0.25, -0.2) is 4.79 Å². The predicted octanol–water partition coefficient (Wildman–Crippen LogP) is 0.616. The Morgan fingerprint density at radius 3 is 1.83 bits per heavy atom. The molecule has 3 amide bonds. The molecule has 4 atom stereocenters. The first-order valence-corrected chi connectivity index (χ1v) is 14.2. The third-order valence-corrected chi connectivity index (χ3v) is 6.84. The highest BCUT2D eigenvalue weighted by atomic mass is 32.2. The van der Waals surface area contributed by atoms with Gasteiger partial charge in [0.15, 0.2) is 0 Å². The molecule has 0 unspecified atom stereocenters. The van der Waals surface area contributed by atoms with Crippen molar-refractivity contribution in [3.63, 3.8) is 0 Å². The second-order valence-electron chi connectivity index (χ2n) is 10.0. The average Bonchev–Trinajstić information content (AvgIpc) is 2.87. The lowest BCUT2D eigenvalue weighted by Crippen LogP contribution is -2.57. The zero-order valence-corrected chi connectivity index (χ0v) is 24.4. The molecule has 14 heteroatoms. The van der Waals surface area contributed by atoms with Crippen LogP contribution >= 0.6 is 11.8 Å². The lowest BCUT2D eigenvalue weighted by Gasteiger charge is -2.24. The Morgan fingerprint density at radius 1 is 0.756 bits per heavy atom. The van der Waals surface area contributed by atoms with Crippen LogP contribution in [0.15, 0.2) is 30.3 Å². The maximum atomic E-state index is 13.2. The number of nitrogens with one attached hydrogen (secondary N) is 4. The molecule has 0 aromatic heterocycles. The summed E-state index contributed by atoms with van der Waals surface area (Å²) in [7, 11) is 0. The van der Waals surface area contributed by atoms with E-state index in [0.717, 1.165) is 0 Å². The summed E-state index contributed by atoms with van der Waals surface area (Å²) in [6.45, 7) is 7.24. The third kappa shape index (κ3) is 14.5. The molecule has 1 aromatic carbocycles. The second-order valence-corrected chi connectivity index (χ2v) is 11.6. The monoisotopic (exact) mass is 596 g/mol. The zero-order valence-electron chi connectivity index (χ0n) is 23.6. The van der Waals surface area contributed by atoms with Crippen LogP contribution in [0.2, 0.25) is 0 Å². The summed E-state index contributed by atoms with van der Waals surface area (Å²) >= 11 is 1.33. The summed E-state index contributed by atoms with van der Waals surface area (Å²) in [6, 6.07) is 3.33. The molecule has 0 saturated carbocycles. The van der Waals surface area contributed by atoms with E-state index >= 15 is 0 Å². The number of thioether (sulfide) groups is 1. The summed E-state index contributed by atoms with van der Waals surface area (Å²) in [5.74, 6) is -6.21. The minimum absolute atomic E-state index is 0.0308. The van der Waals surface area contributed by atoms with Gasteiger partial charge < -0.3 is 36.6 Å². The van der Waals surface area contributed by atoms with Gasteiger partial charge in [-0.15, -0.1) is 0 Å². The Morgan fingerprint density at radius 2 is 1.32 bits per heavy atom. The molecule has 0 aliphatic rings. The summed E-state index contributed by atoms with van der Waals surface area (Å²) in [6.07, 6.45) is -1.24. The van der Waals surface area contributed by atoms with Gasteiger partial charge in [-0.05, 0) is 17.2 Å². The van der Waals surface area contributed by atoms with Crippen molar-refractivity contribution in [2.45, 2.75) is 88.8 Å². The normalized spacial score (nSPS) is 14.0. The standard InChI is InChI=1S/C27H40N4O9S/c1-15(2)28-18(26(37)38)10-11-22(32)29-20(13-23(33)34)25(36)30-19(12-17-8-6-5-7-9-17)24(35)31-21(27(39)40)14-41-16(3)4/h5-9,15-16,18-21,28H,10-14H2,1-4H3,(H,29,32)(H,30,36)(H,31,35)(H,33,34)(H,37,38)(H,39,40)/t18-,19-,20-,21-/m0/s1. The van der Waals surface area contributed by atoms with Crippen LogP contribution in [-0.2, 0) is 35.2 Å². The van der Waals surface area contributed by atoms with E-state index in [2.05, 4.69) is 21.3 Å². The Bertz CT molecular complexity index is 1050. The number of amides is 3. The van der Waals surface area contributed by atoms with Crippen LogP contribution in [-0.4, -0.2) is 92.2 Å². The quantitative estimate of drug-likeness (QED) is 0.118. The lowest BCUT2D eigenvalue weighted by atomic mass is 10.0. The fourth-order valence-corrected chi connectivity index (χ4v) is 4.48. The van der Waals surface area contributed by atoms with Crippen LogP contribution < -0.4 is 21.3 Å². The van der Waals surface area contributed by atoms with Crippen molar-refractivity contribution in [2.75, 3.05) is 5.75 Å². The highest BCUT2D eigenvalue weighted by molar-refractivity contribution is 7.99. The molecule has 0 bridgehead atoms. The van der Waals surface area contributed by atoms with Crippen molar-refractivity contribution >= 4 is 47.4 Å². The summed E-state index contributed by atoms with van der Waals surface area (Å²) in [5, 5.41) is 38.4. The number of hydrogen-bond donors (Lipinski definition) is 7. The van der Waals surface area contributed by atoms with Gasteiger partial charge in [-0.3, -0.25) is 24.0 Å². The van der Waals surface area contributed by atoms with E-state index in [1.807, 2.05) is 13.8 Å². The lowest BCUT2D eigenvalue weighted by molar-refractivity contribution is -0.142. The number of carboxylic acid groups (broad SMARTS) is 3. The van der Waals surface area contributed by atoms with Gasteiger partial charge in [0.25, 0.3) is 0 Å². The van der Waals surface area contributed by atoms with Crippen molar-refractivity contribution in [3.05, 3.63) is 35.9 Å². The van der Waals surface area contributed by atoms with E-state index in [4.69, 9.17) is 0 Å². The van der Waals surface area contributed by atoms with Gasteiger partial charge in [-0.2, -0.15) is 11.8 Å². The highest BCUT2D eigenvalue weighted by Gasteiger charge is 2.31. The molecule has 0 saturated heterocycles. The number of carbonyl (C=O) groups excluding carboxylic acids is 3. The molecule has 0 fully saturated rings. The zero-order chi connectivity index (χ0) is 31.1. The second kappa shape index (κ2) is 17.9. The first kappa shape index (κ1) is 35.4. The molecule has 1 rings (SSSR count). The van der Waals surface area contributed by atoms with Crippen molar-refractivity contribution in [1.29, 1.82) is 0 Å². The van der Waals surface area contributed by atoms with Crippen molar-refractivity contribution in [1.82, 2.24) is 21.3 Å². The van der Waals surface area contributed by atoms with Gasteiger partial charge in [0.05, 0.1) is 6.42 Å². The fourth-order valence-electron chi connectivity index (χ4n) is 3.67. The van der Waals surface area contributed by atoms with Crippen LogP contribution in [0.5, 0.6) is 0 Å². The molecule has 1 aromatic rings. The molecular formula is C27H40N4O9S. The largest absolute Gasteiger partial charge is 0.481 e. The number of rotatable bonds is 19. The van der Waals surface area contributed by atoms with E-state index < -0.39 is 66.2 Å². The fraction of sp³-hybridized carbons (Fsp3) is 0.556. The van der Waals surface area contributed by atoms with Gasteiger partial charge >= 0.3 is 17.9 Å². The van der Waals surface area contributed by atoms with Gasteiger partial charge in [0.2, 0.25) is 17.7 Å². The maximum absolute atomic E-state index is 13.2. The van der Waals surface area contributed by atoms with Gasteiger partial charge in [0.1, 0.15) is 24.2 Å². The van der Waals surface area contributed by atoms with Crippen LogP contribution in [0.1, 0.15) is 52.5 Å². The number of benzene rings is 1. The molecule has 0 spiro atoms. The molecule has 0 aliphatic heterocycles. The molecule has 7 N–H and O–H groups in total. The van der Waals surface area contributed by atoms with Crippen LogP contribution in [0, 0.1) is 0 Å². The maximum Gasteiger partial charge on any atom is 0.327 e. The van der Waals surface area contributed by atoms with E-state index in [9.17, 15) is 44.1 Å². The molecule has 13 nitrogen and oxygen atoms in total. The summed E-state index contributed by atoms with van der Waals surface area (Å²) < 4.78 is 0. The van der Waals surface area contributed by atoms with Gasteiger partial charge in [0, 0.05) is 24.6 Å². The Hall–Kier alpha value is -3.65. The predicted molar refractivity (Wildman–Crippen MR) is 152 cm³/mol. The molecular weight excluding hydrogens is 556 g/mol. The van der Waals surface area contributed by atoms with Crippen LogP contribution in [0.3, 0.4) is 0 Å². The molecule has 0 aliphatic carbocycles. The summed E-state index contributed by atoms with van der Waals surface area (Å²) in [5.41, 5.74) is 0.646. The van der Waals surface area contributed by atoms with Crippen molar-refractivity contribution < 1.29 is 44.1 Å². The average molecular weight is 597 g/mol. The van der Waals surface area contributed by atoms with Crippen LogP contribution in [0.25, 0.3) is 0 Å². The molecule has 0 radical (unpaired) electrons. The first-order chi connectivity index (χ1) is 19.2. The number of aliphatic carboxylic acids is 3. The first-order valence-electron chi connectivity index (χ1n) is 13.2. The topological polar surface area (TPSA) is 211 Å². The Balaban J connectivity index is 3.07.